The summed E-state index contributed by atoms with van der Waals surface area (Å²) in [6, 6.07) is 2.83. The van der Waals surface area contributed by atoms with Gasteiger partial charge < -0.3 is 10.6 Å². The highest BCUT2D eigenvalue weighted by Crippen LogP contribution is 2.32. The molecule has 0 radical (unpaired) electrons. The third-order valence-corrected chi connectivity index (χ3v) is 2.73. The molecule has 0 spiro atoms. The van der Waals surface area contributed by atoms with Crippen LogP contribution in [-0.4, -0.2) is 19.1 Å². The largest absolute Gasteiger partial charge is 0.377 e. The van der Waals surface area contributed by atoms with Crippen molar-refractivity contribution in [2.45, 2.75) is 6.04 Å². The highest BCUT2D eigenvalue weighted by molar-refractivity contribution is 6.39. The predicted molar refractivity (Wildman–Crippen MR) is 56.7 cm³/mol. The van der Waals surface area contributed by atoms with Gasteiger partial charge in [-0.2, -0.15) is 0 Å². The van der Waals surface area contributed by atoms with E-state index in [4.69, 9.17) is 23.2 Å². The molecule has 14 heavy (non-hydrogen) atoms. The number of anilines is 1. The molecule has 0 amide bonds. The molecule has 1 aromatic carbocycles. The fourth-order valence-electron chi connectivity index (χ4n) is 1.27. The van der Waals surface area contributed by atoms with Crippen LogP contribution in [0, 0.1) is 5.82 Å². The van der Waals surface area contributed by atoms with Crippen LogP contribution in [0.5, 0.6) is 0 Å². The number of nitrogens with one attached hydrogen (secondary N) is 2. The van der Waals surface area contributed by atoms with Crippen molar-refractivity contribution < 1.29 is 4.39 Å². The summed E-state index contributed by atoms with van der Waals surface area (Å²) in [6.07, 6.45) is 0. The summed E-state index contributed by atoms with van der Waals surface area (Å²) >= 11 is 11.7. The Morgan fingerprint density at radius 1 is 1.29 bits per heavy atom. The second-order valence-corrected chi connectivity index (χ2v) is 4.06. The van der Waals surface area contributed by atoms with E-state index in [-0.39, 0.29) is 0 Å². The Kier molecular flexibility index (Phi) is 2.81. The Bertz CT molecular complexity index is 330. The summed E-state index contributed by atoms with van der Waals surface area (Å²) in [7, 11) is 0. The molecule has 1 fully saturated rings. The number of hydrogen-bond donors (Lipinski definition) is 2. The molecule has 5 heteroatoms. The molecule has 0 bridgehead atoms. The average molecular weight is 235 g/mol. The zero-order chi connectivity index (χ0) is 10.1. The molecule has 1 aliphatic rings. The molecule has 0 aliphatic carbocycles. The van der Waals surface area contributed by atoms with E-state index in [2.05, 4.69) is 10.6 Å². The van der Waals surface area contributed by atoms with Gasteiger partial charge >= 0.3 is 0 Å². The minimum absolute atomic E-state index is 0.321. The number of rotatable bonds is 2. The van der Waals surface area contributed by atoms with Gasteiger partial charge in [0, 0.05) is 13.1 Å². The van der Waals surface area contributed by atoms with Crippen LogP contribution in [0.15, 0.2) is 12.1 Å². The van der Waals surface area contributed by atoms with Gasteiger partial charge in [-0.05, 0) is 12.1 Å². The molecule has 76 valence electrons. The first kappa shape index (κ1) is 10.0. The predicted octanol–water partition coefficient (Wildman–Crippen LogP) is 2.52. The third kappa shape index (κ3) is 1.95. The maximum atomic E-state index is 12.8. The average Bonchev–Trinajstić information content (AvgIpc) is 1.98. The normalized spacial score (nSPS) is 16.5. The molecule has 0 atom stereocenters. The van der Waals surface area contributed by atoms with Crippen molar-refractivity contribution in [3.63, 3.8) is 0 Å². The van der Waals surface area contributed by atoms with Crippen LogP contribution in [0.4, 0.5) is 10.1 Å². The maximum absolute atomic E-state index is 12.8. The molecular formula is C9H9Cl2FN2. The Labute approximate surface area is 91.4 Å². The standard InChI is InChI=1S/C9H9Cl2FN2/c10-7-1-5(12)2-8(11)9(7)14-6-3-13-4-6/h1-2,6,13-14H,3-4H2. The topological polar surface area (TPSA) is 24.1 Å². The Morgan fingerprint density at radius 3 is 2.29 bits per heavy atom. The molecule has 1 heterocycles. The van der Waals surface area contributed by atoms with Crippen LogP contribution >= 0.6 is 23.2 Å². The van der Waals surface area contributed by atoms with Gasteiger partial charge in [-0.1, -0.05) is 23.2 Å². The van der Waals surface area contributed by atoms with Gasteiger partial charge in [-0.3, -0.25) is 0 Å². The molecular weight excluding hydrogens is 226 g/mol. The lowest BCUT2D eigenvalue weighted by molar-refractivity contribution is 0.472. The summed E-state index contributed by atoms with van der Waals surface area (Å²) in [4.78, 5) is 0. The second-order valence-electron chi connectivity index (χ2n) is 3.24. The Morgan fingerprint density at radius 2 is 1.86 bits per heavy atom. The summed E-state index contributed by atoms with van der Waals surface area (Å²) in [5.74, 6) is -0.419. The van der Waals surface area contributed by atoms with Crippen LogP contribution in [-0.2, 0) is 0 Å². The van der Waals surface area contributed by atoms with E-state index in [1.54, 1.807) is 0 Å². The number of halogens is 3. The SMILES string of the molecule is Fc1cc(Cl)c(NC2CNC2)c(Cl)c1. The van der Waals surface area contributed by atoms with Crippen molar-refractivity contribution >= 4 is 28.9 Å². The lowest BCUT2D eigenvalue weighted by Gasteiger charge is -2.29. The highest BCUT2D eigenvalue weighted by Gasteiger charge is 2.19. The highest BCUT2D eigenvalue weighted by atomic mass is 35.5. The van der Waals surface area contributed by atoms with Gasteiger partial charge in [0.05, 0.1) is 21.8 Å². The summed E-state index contributed by atoms with van der Waals surface area (Å²) in [5, 5.41) is 6.90. The molecule has 0 unspecified atom stereocenters. The quantitative estimate of drug-likeness (QED) is 0.822. The third-order valence-electron chi connectivity index (χ3n) is 2.14. The van der Waals surface area contributed by atoms with Crippen molar-refractivity contribution in [2.75, 3.05) is 18.4 Å². The van der Waals surface area contributed by atoms with Crippen LogP contribution in [0.2, 0.25) is 10.0 Å². The molecule has 2 nitrogen and oxygen atoms in total. The lowest BCUT2D eigenvalue weighted by atomic mass is 10.1. The van der Waals surface area contributed by atoms with Gasteiger partial charge in [0.1, 0.15) is 5.82 Å². The minimum Gasteiger partial charge on any atom is -0.377 e. The van der Waals surface area contributed by atoms with E-state index in [1.165, 1.54) is 12.1 Å². The van der Waals surface area contributed by atoms with Crippen molar-refractivity contribution in [2.24, 2.45) is 0 Å². The molecule has 0 aromatic heterocycles. The van der Waals surface area contributed by atoms with E-state index in [1.807, 2.05) is 0 Å². The van der Waals surface area contributed by atoms with Crippen molar-refractivity contribution in [1.82, 2.24) is 5.32 Å². The molecule has 1 aliphatic heterocycles. The fourth-order valence-corrected chi connectivity index (χ4v) is 1.84. The number of hydrogen-bond acceptors (Lipinski definition) is 2. The van der Waals surface area contributed by atoms with Gasteiger partial charge in [-0.25, -0.2) is 4.39 Å². The van der Waals surface area contributed by atoms with E-state index in [9.17, 15) is 4.39 Å². The van der Waals surface area contributed by atoms with Crippen LogP contribution < -0.4 is 10.6 Å². The van der Waals surface area contributed by atoms with Crippen LogP contribution in [0.25, 0.3) is 0 Å². The Hall–Kier alpha value is -0.510. The first-order valence-corrected chi connectivity index (χ1v) is 5.04. The van der Waals surface area contributed by atoms with Gasteiger partial charge in [0.2, 0.25) is 0 Å². The monoisotopic (exact) mass is 234 g/mol. The first-order chi connectivity index (χ1) is 6.66. The molecule has 1 aromatic rings. The zero-order valence-electron chi connectivity index (χ0n) is 7.28. The lowest BCUT2D eigenvalue weighted by Crippen LogP contribution is -2.51. The van der Waals surface area contributed by atoms with E-state index >= 15 is 0 Å². The second kappa shape index (κ2) is 3.93. The van der Waals surface area contributed by atoms with Crippen molar-refractivity contribution in [1.29, 1.82) is 0 Å². The summed E-state index contributed by atoms with van der Waals surface area (Å²) in [6.45, 7) is 1.76. The van der Waals surface area contributed by atoms with Crippen molar-refractivity contribution in [3.05, 3.63) is 28.0 Å². The van der Waals surface area contributed by atoms with E-state index in [0.717, 1.165) is 13.1 Å². The molecule has 0 saturated carbocycles. The number of benzene rings is 1. The van der Waals surface area contributed by atoms with Gasteiger partial charge in [-0.15, -0.1) is 0 Å². The van der Waals surface area contributed by atoms with Crippen molar-refractivity contribution in [3.8, 4) is 0 Å². The van der Waals surface area contributed by atoms with Crippen LogP contribution in [0.1, 0.15) is 0 Å². The first-order valence-electron chi connectivity index (χ1n) is 4.28. The molecule has 1 saturated heterocycles. The molecule has 2 N–H and O–H groups in total. The maximum Gasteiger partial charge on any atom is 0.126 e. The molecule has 2 rings (SSSR count). The van der Waals surface area contributed by atoms with E-state index in [0.29, 0.717) is 21.8 Å². The Balaban J connectivity index is 2.22. The smallest absolute Gasteiger partial charge is 0.126 e. The van der Waals surface area contributed by atoms with Crippen LogP contribution in [0.3, 0.4) is 0 Å². The summed E-state index contributed by atoms with van der Waals surface area (Å²) in [5.41, 5.74) is 0.612. The summed E-state index contributed by atoms with van der Waals surface area (Å²) < 4.78 is 12.8. The van der Waals surface area contributed by atoms with Gasteiger partial charge in [0.15, 0.2) is 0 Å². The minimum atomic E-state index is -0.419. The van der Waals surface area contributed by atoms with Gasteiger partial charge in [0.25, 0.3) is 0 Å². The fraction of sp³-hybridized carbons (Fsp3) is 0.333. The zero-order valence-corrected chi connectivity index (χ0v) is 8.79. The van der Waals surface area contributed by atoms with E-state index < -0.39 is 5.82 Å².